The largest absolute Gasteiger partial charge is 0.504 e. The molecule has 14 nitrogen and oxygen atoms in total. The van der Waals surface area contributed by atoms with Crippen LogP contribution in [0.15, 0.2) is 61.7 Å². The Balaban J connectivity index is 1.90. The van der Waals surface area contributed by atoms with Crippen molar-refractivity contribution in [2.75, 3.05) is 52.4 Å². The monoisotopic (exact) mass is 724 g/mol. The standard InChI is InChI=1S/C38H56N6O8/c1-3-35(49)41-17-5-7-21-43(37(51)15-19-39-27-29-11-13-31(45)33(47)25-29)23-9-10-24-44(22-8-6-18-42-36(50)4-2)38(52)16-20-40-28-30-12-14-32(46)34(48)26-30/h3-4,11-14,25-26,39-40,45-48H,1-2,5-10,15-24,27-28H2,(H,41,49)(H,42,50). The number of rotatable bonds is 27. The molecule has 0 saturated carbocycles. The third kappa shape index (κ3) is 17.7. The Kier molecular flexibility index (Phi) is 20.7. The highest BCUT2D eigenvalue weighted by Gasteiger charge is 2.16. The van der Waals surface area contributed by atoms with Crippen molar-refractivity contribution in [2.24, 2.45) is 0 Å². The highest BCUT2D eigenvalue weighted by Crippen LogP contribution is 2.25. The molecule has 0 aromatic heterocycles. The van der Waals surface area contributed by atoms with Gasteiger partial charge in [0.25, 0.3) is 0 Å². The number of benzene rings is 2. The molecule has 14 heteroatoms. The molecule has 52 heavy (non-hydrogen) atoms. The quantitative estimate of drug-likeness (QED) is 0.0385. The molecule has 0 atom stereocenters. The number of carbonyl (C=O) groups excluding carboxylic acids is 4. The minimum absolute atomic E-state index is 0.0151. The van der Waals surface area contributed by atoms with E-state index in [-0.39, 0.29) is 59.5 Å². The molecule has 4 amide bonds. The predicted molar refractivity (Wildman–Crippen MR) is 199 cm³/mol. The minimum Gasteiger partial charge on any atom is -0.504 e. The van der Waals surface area contributed by atoms with E-state index in [0.29, 0.717) is 104 Å². The van der Waals surface area contributed by atoms with Gasteiger partial charge in [-0.25, -0.2) is 0 Å². The molecule has 0 aliphatic rings. The zero-order valence-electron chi connectivity index (χ0n) is 30.1. The van der Waals surface area contributed by atoms with E-state index in [9.17, 15) is 39.6 Å². The zero-order valence-corrected chi connectivity index (χ0v) is 30.1. The van der Waals surface area contributed by atoms with E-state index < -0.39 is 0 Å². The van der Waals surface area contributed by atoms with Gasteiger partial charge in [0, 0.05) is 78.3 Å². The molecular weight excluding hydrogens is 668 g/mol. The third-order valence-electron chi connectivity index (χ3n) is 8.26. The fourth-order valence-corrected chi connectivity index (χ4v) is 5.28. The molecule has 0 fully saturated rings. The van der Waals surface area contributed by atoms with Crippen molar-refractivity contribution in [3.05, 3.63) is 72.8 Å². The zero-order chi connectivity index (χ0) is 38.1. The number of phenolic OH excluding ortho intramolecular Hbond substituents is 4. The first-order valence-corrected chi connectivity index (χ1v) is 17.8. The predicted octanol–water partition coefficient (Wildman–Crippen LogP) is 2.77. The number of nitrogens with zero attached hydrogens (tertiary/aromatic N) is 2. The summed E-state index contributed by atoms with van der Waals surface area (Å²) in [5, 5.41) is 50.4. The van der Waals surface area contributed by atoms with Crippen LogP contribution in [-0.4, -0.2) is 106 Å². The topological polar surface area (TPSA) is 204 Å². The lowest BCUT2D eigenvalue weighted by Crippen LogP contribution is -2.37. The van der Waals surface area contributed by atoms with E-state index in [1.54, 1.807) is 12.1 Å². The van der Waals surface area contributed by atoms with E-state index in [1.807, 2.05) is 9.80 Å². The number of unbranched alkanes of at least 4 members (excludes halogenated alkanes) is 3. The fourth-order valence-electron chi connectivity index (χ4n) is 5.28. The van der Waals surface area contributed by atoms with E-state index in [0.717, 1.165) is 11.1 Å². The average Bonchev–Trinajstić information content (AvgIpc) is 3.13. The van der Waals surface area contributed by atoms with Crippen LogP contribution in [0.2, 0.25) is 0 Å². The van der Waals surface area contributed by atoms with Gasteiger partial charge in [-0.1, -0.05) is 25.3 Å². The molecule has 0 unspecified atom stereocenters. The van der Waals surface area contributed by atoms with Gasteiger partial charge in [-0.05, 0) is 86.1 Å². The van der Waals surface area contributed by atoms with Gasteiger partial charge in [-0.2, -0.15) is 0 Å². The highest BCUT2D eigenvalue weighted by atomic mass is 16.3. The van der Waals surface area contributed by atoms with Crippen molar-refractivity contribution in [1.29, 1.82) is 0 Å². The van der Waals surface area contributed by atoms with Crippen LogP contribution in [0, 0.1) is 0 Å². The first kappa shape index (κ1) is 43.1. The van der Waals surface area contributed by atoms with Crippen LogP contribution in [0.1, 0.15) is 62.5 Å². The molecule has 0 heterocycles. The third-order valence-corrected chi connectivity index (χ3v) is 8.26. The first-order chi connectivity index (χ1) is 25.0. The summed E-state index contributed by atoms with van der Waals surface area (Å²) in [5.41, 5.74) is 1.55. The van der Waals surface area contributed by atoms with Gasteiger partial charge in [0.2, 0.25) is 23.6 Å². The maximum Gasteiger partial charge on any atom is 0.243 e. The van der Waals surface area contributed by atoms with Crippen molar-refractivity contribution in [3.8, 4) is 23.0 Å². The van der Waals surface area contributed by atoms with Crippen molar-refractivity contribution in [3.63, 3.8) is 0 Å². The Bertz CT molecular complexity index is 1350. The summed E-state index contributed by atoms with van der Waals surface area (Å²) >= 11 is 0. The fraction of sp³-hybridized carbons (Fsp3) is 0.474. The number of aromatic hydroxyl groups is 4. The summed E-state index contributed by atoms with van der Waals surface area (Å²) in [6.45, 7) is 11.6. The van der Waals surface area contributed by atoms with Crippen LogP contribution in [-0.2, 0) is 32.3 Å². The number of hydrogen-bond donors (Lipinski definition) is 8. The van der Waals surface area contributed by atoms with Crippen LogP contribution >= 0.6 is 0 Å². The van der Waals surface area contributed by atoms with Gasteiger partial charge in [-0.3, -0.25) is 19.2 Å². The lowest BCUT2D eigenvalue weighted by atomic mass is 10.2. The molecule has 2 rings (SSSR count). The Morgan fingerprint density at radius 3 is 1.25 bits per heavy atom. The van der Waals surface area contributed by atoms with Crippen LogP contribution < -0.4 is 21.3 Å². The minimum atomic E-state index is -0.241. The Morgan fingerprint density at radius 1 is 0.538 bits per heavy atom. The second kappa shape index (κ2) is 25.0. The van der Waals surface area contributed by atoms with E-state index in [1.165, 1.54) is 36.4 Å². The van der Waals surface area contributed by atoms with Crippen LogP contribution in [0.4, 0.5) is 0 Å². The summed E-state index contributed by atoms with van der Waals surface area (Å²) in [6, 6.07) is 9.15. The lowest BCUT2D eigenvalue weighted by Gasteiger charge is -2.25. The Labute approximate surface area is 306 Å². The van der Waals surface area contributed by atoms with E-state index >= 15 is 0 Å². The van der Waals surface area contributed by atoms with Crippen molar-refractivity contribution in [1.82, 2.24) is 31.1 Å². The van der Waals surface area contributed by atoms with Gasteiger partial charge in [0.15, 0.2) is 23.0 Å². The highest BCUT2D eigenvalue weighted by molar-refractivity contribution is 5.87. The normalized spacial score (nSPS) is 10.7. The first-order valence-electron chi connectivity index (χ1n) is 17.8. The van der Waals surface area contributed by atoms with Crippen molar-refractivity contribution < 1.29 is 39.6 Å². The number of carbonyl (C=O) groups is 4. The number of amides is 4. The molecule has 8 N–H and O–H groups in total. The molecule has 0 saturated heterocycles. The van der Waals surface area contributed by atoms with Crippen LogP contribution in [0.5, 0.6) is 23.0 Å². The van der Waals surface area contributed by atoms with Gasteiger partial charge in [-0.15, -0.1) is 0 Å². The SMILES string of the molecule is C=CC(=O)NCCCCN(CCCCN(CCCCNC(=O)C=C)C(=O)CCNCc1ccc(O)c(O)c1)C(=O)CCNCc1ccc(O)c(O)c1. The molecule has 2 aromatic rings. The molecule has 286 valence electrons. The van der Waals surface area contributed by atoms with Gasteiger partial charge < -0.3 is 51.5 Å². The summed E-state index contributed by atoms with van der Waals surface area (Å²) in [5.74, 6) is -1.30. The molecule has 0 bridgehead atoms. The molecular formula is C38H56N6O8. The summed E-state index contributed by atoms with van der Waals surface area (Å²) < 4.78 is 0. The van der Waals surface area contributed by atoms with E-state index in [2.05, 4.69) is 34.4 Å². The molecule has 0 aliphatic carbocycles. The number of hydrogen-bond acceptors (Lipinski definition) is 10. The Hall–Kier alpha value is -5.08. The van der Waals surface area contributed by atoms with Crippen LogP contribution in [0.3, 0.4) is 0 Å². The van der Waals surface area contributed by atoms with E-state index in [4.69, 9.17) is 0 Å². The van der Waals surface area contributed by atoms with Gasteiger partial charge >= 0.3 is 0 Å². The average molecular weight is 725 g/mol. The molecule has 2 aromatic carbocycles. The maximum absolute atomic E-state index is 13.3. The van der Waals surface area contributed by atoms with Gasteiger partial charge in [0.05, 0.1) is 0 Å². The molecule has 0 aliphatic heterocycles. The second-order valence-electron chi connectivity index (χ2n) is 12.4. The van der Waals surface area contributed by atoms with Crippen molar-refractivity contribution >= 4 is 23.6 Å². The lowest BCUT2D eigenvalue weighted by molar-refractivity contribution is -0.132. The molecule has 0 spiro atoms. The summed E-state index contributed by atoms with van der Waals surface area (Å²) in [4.78, 5) is 53.1. The summed E-state index contributed by atoms with van der Waals surface area (Å²) in [6.07, 6.45) is 7.13. The second-order valence-corrected chi connectivity index (χ2v) is 12.4. The number of phenols is 4. The number of nitrogens with one attached hydrogen (secondary N) is 4. The Morgan fingerprint density at radius 2 is 0.904 bits per heavy atom. The summed E-state index contributed by atoms with van der Waals surface area (Å²) in [7, 11) is 0. The molecule has 0 radical (unpaired) electrons. The van der Waals surface area contributed by atoms with Crippen LogP contribution in [0.25, 0.3) is 0 Å². The van der Waals surface area contributed by atoms with Gasteiger partial charge in [0.1, 0.15) is 0 Å². The maximum atomic E-state index is 13.3. The smallest absolute Gasteiger partial charge is 0.243 e. The van der Waals surface area contributed by atoms with Crippen molar-refractivity contribution in [2.45, 2.75) is 64.5 Å².